The molecule has 0 saturated carbocycles. The molecule has 0 saturated heterocycles. The average Bonchev–Trinajstić information content (AvgIpc) is 3.12. The van der Waals surface area contributed by atoms with E-state index >= 15 is 0 Å². The molecule has 0 aliphatic heterocycles. The van der Waals surface area contributed by atoms with E-state index in [0.29, 0.717) is 5.82 Å². The van der Waals surface area contributed by atoms with Crippen LogP contribution in [0.5, 0.6) is 5.75 Å². The highest BCUT2D eigenvalue weighted by molar-refractivity contribution is 5.84. The molecule has 0 fully saturated rings. The van der Waals surface area contributed by atoms with Crippen LogP contribution in [0.15, 0.2) is 60.7 Å². The number of nitrogens with one attached hydrogen (secondary N) is 2. The van der Waals surface area contributed by atoms with E-state index in [4.69, 9.17) is 4.74 Å². The van der Waals surface area contributed by atoms with Crippen LogP contribution in [0.3, 0.4) is 0 Å². The molecule has 0 amide bonds. The van der Waals surface area contributed by atoms with Gasteiger partial charge < -0.3 is 10.1 Å². The Kier molecular flexibility index (Phi) is 4.27. The second-order valence-corrected chi connectivity index (χ2v) is 6.23. The first-order valence-electron chi connectivity index (χ1n) is 8.51. The second-order valence-electron chi connectivity index (χ2n) is 6.23. The first-order valence-corrected chi connectivity index (χ1v) is 8.51. The third-order valence-corrected chi connectivity index (χ3v) is 4.33. The summed E-state index contributed by atoms with van der Waals surface area (Å²) in [7, 11) is 1.69. The minimum atomic E-state index is 0.714. The standard InChI is InChI=1S/C21H20N4O/c1-14-23-21(25-24-14)18-4-3-5-19(11-18)22-13-15-6-7-17-12-20(26-2)9-8-16(17)10-15/h3-12,22H,13H2,1-2H3,(H,23,24,25). The lowest BCUT2D eigenvalue weighted by atomic mass is 10.1. The molecule has 3 aromatic carbocycles. The number of H-pyrrole nitrogens is 1. The van der Waals surface area contributed by atoms with Gasteiger partial charge in [-0.1, -0.05) is 30.3 Å². The Morgan fingerprint density at radius 1 is 1.00 bits per heavy atom. The van der Waals surface area contributed by atoms with Crippen molar-refractivity contribution in [1.29, 1.82) is 0 Å². The van der Waals surface area contributed by atoms with Crippen molar-refractivity contribution < 1.29 is 4.74 Å². The Labute approximate surface area is 152 Å². The van der Waals surface area contributed by atoms with Gasteiger partial charge in [0, 0.05) is 17.8 Å². The molecule has 1 heterocycles. The van der Waals surface area contributed by atoms with Gasteiger partial charge in [-0.15, -0.1) is 0 Å². The van der Waals surface area contributed by atoms with Crippen molar-refractivity contribution in [1.82, 2.24) is 15.2 Å². The van der Waals surface area contributed by atoms with E-state index in [0.717, 1.165) is 29.4 Å². The van der Waals surface area contributed by atoms with Crippen LogP contribution in [0, 0.1) is 6.92 Å². The largest absolute Gasteiger partial charge is 0.497 e. The van der Waals surface area contributed by atoms with Gasteiger partial charge in [0.1, 0.15) is 11.6 Å². The maximum absolute atomic E-state index is 5.28. The topological polar surface area (TPSA) is 62.8 Å². The summed E-state index contributed by atoms with van der Waals surface area (Å²) in [5.74, 6) is 2.40. The smallest absolute Gasteiger partial charge is 0.181 e. The number of anilines is 1. The van der Waals surface area contributed by atoms with E-state index < -0.39 is 0 Å². The molecular weight excluding hydrogens is 324 g/mol. The Bertz CT molecular complexity index is 1050. The lowest BCUT2D eigenvalue weighted by molar-refractivity contribution is 0.415. The molecule has 0 spiro atoms. The molecule has 26 heavy (non-hydrogen) atoms. The number of rotatable bonds is 5. The highest BCUT2D eigenvalue weighted by Crippen LogP contribution is 2.23. The zero-order valence-electron chi connectivity index (χ0n) is 14.8. The van der Waals surface area contributed by atoms with Gasteiger partial charge in [0.2, 0.25) is 0 Å². The van der Waals surface area contributed by atoms with Crippen LogP contribution in [0.4, 0.5) is 5.69 Å². The number of fused-ring (bicyclic) bond motifs is 1. The van der Waals surface area contributed by atoms with Crippen LogP contribution in [0.1, 0.15) is 11.4 Å². The van der Waals surface area contributed by atoms with Crippen molar-refractivity contribution >= 4 is 16.5 Å². The van der Waals surface area contributed by atoms with Gasteiger partial charge in [0.25, 0.3) is 0 Å². The molecule has 5 heteroatoms. The number of aromatic nitrogens is 3. The van der Waals surface area contributed by atoms with Gasteiger partial charge >= 0.3 is 0 Å². The molecule has 0 aliphatic carbocycles. The maximum atomic E-state index is 5.28. The molecule has 4 aromatic rings. The molecule has 130 valence electrons. The Morgan fingerprint density at radius 2 is 1.85 bits per heavy atom. The Morgan fingerprint density at radius 3 is 2.65 bits per heavy atom. The van der Waals surface area contributed by atoms with E-state index in [9.17, 15) is 0 Å². The summed E-state index contributed by atoms with van der Waals surface area (Å²) in [6.07, 6.45) is 0. The molecule has 0 aliphatic rings. The molecule has 5 nitrogen and oxygen atoms in total. The van der Waals surface area contributed by atoms with Crippen LogP contribution >= 0.6 is 0 Å². The van der Waals surface area contributed by atoms with E-state index in [1.54, 1.807) is 7.11 Å². The van der Waals surface area contributed by atoms with Crippen molar-refractivity contribution in [3.63, 3.8) is 0 Å². The monoisotopic (exact) mass is 344 g/mol. The molecular formula is C21H20N4O. The summed E-state index contributed by atoms with van der Waals surface area (Å²) in [5.41, 5.74) is 3.26. The van der Waals surface area contributed by atoms with Gasteiger partial charge in [-0.05, 0) is 53.6 Å². The summed E-state index contributed by atoms with van der Waals surface area (Å²) >= 11 is 0. The van der Waals surface area contributed by atoms with E-state index in [2.05, 4.69) is 63.0 Å². The quantitative estimate of drug-likeness (QED) is 0.557. The van der Waals surface area contributed by atoms with Crippen molar-refractivity contribution in [2.24, 2.45) is 0 Å². The molecule has 0 radical (unpaired) electrons. The van der Waals surface area contributed by atoms with Crippen molar-refractivity contribution in [2.45, 2.75) is 13.5 Å². The van der Waals surface area contributed by atoms with Crippen LogP contribution in [-0.4, -0.2) is 22.3 Å². The number of nitrogens with zero attached hydrogens (tertiary/aromatic N) is 2. The van der Waals surface area contributed by atoms with Gasteiger partial charge in [0.15, 0.2) is 5.82 Å². The second kappa shape index (κ2) is 6.88. The van der Waals surface area contributed by atoms with Gasteiger partial charge in [-0.25, -0.2) is 4.98 Å². The molecule has 0 unspecified atom stereocenters. The van der Waals surface area contributed by atoms with Crippen LogP contribution in [-0.2, 0) is 6.54 Å². The highest BCUT2D eigenvalue weighted by Gasteiger charge is 2.05. The third kappa shape index (κ3) is 3.37. The molecule has 1 aromatic heterocycles. The summed E-state index contributed by atoms with van der Waals surface area (Å²) in [6.45, 7) is 2.65. The Hall–Kier alpha value is -3.34. The summed E-state index contributed by atoms with van der Waals surface area (Å²) in [5, 5.41) is 13.0. The third-order valence-electron chi connectivity index (χ3n) is 4.33. The molecule has 4 rings (SSSR count). The first-order chi connectivity index (χ1) is 12.7. The van der Waals surface area contributed by atoms with Gasteiger partial charge in [-0.2, -0.15) is 5.10 Å². The van der Waals surface area contributed by atoms with Gasteiger partial charge in [-0.3, -0.25) is 5.10 Å². The number of aryl methyl sites for hydroxylation is 1. The number of hydrogen-bond donors (Lipinski definition) is 2. The zero-order chi connectivity index (χ0) is 17.9. The number of aromatic amines is 1. The van der Waals surface area contributed by atoms with Crippen molar-refractivity contribution in [2.75, 3.05) is 12.4 Å². The fraction of sp³-hybridized carbons (Fsp3) is 0.143. The Balaban J connectivity index is 1.51. The summed E-state index contributed by atoms with van der Waals surface area (Å²) < 4.78 is 5.28. The lowest BCUT2D eigenvalue weighted by Gasteiger charge is -2.09. The number of ether oxygens (including phenoxy) is 1. The minimum absolute atomic E-state index is 0.714. The van der Waals surface area contributed by atoms with Crippen molar-refractivity contribution in [3.05, 3.63) is 72.1 Å². The first kappa shape index (κ1) is 16.1. The molecule has 0 bridgehead atoms. The number of benzene rings is 3. The zero-order valence-corrected chi connectivity index (χ0v) is 14.8. The normalized spacial score (nSPS) is 10.8. The SMILES string of the molecule is COc1ccc2cc(CNc3cccc(-c4n[nH]c(C)n4)c3)ccc2c1. The lowest BCUT2D eigenvalue weighted by Crippen LogP contribution is -1.99. The van der Waals surface area contributed by atoms with Crippen LogP contribution in [0.2, 0.25) is 0 Å². The fourth-order valence-electron chi connectivity index (χ4n) is 2.95. The predicted molar refractivity (Wildman–Crippen MR) is 104 cm³/mol. The average molecular weight is 344 g/mol. The fourth-order valence-corrected chi connectivity index (χ4v) is 2.95. The maximum Gasteiger partial charge on any atom is 0.181 e. The molecule has 0 atom stereocenters. The van der Waals surface area contributed by atoms with Crippen LogP contribution in [0.25, 0.3) is 22.2 Å². The minimum Gasteiger partial charge on any atom is -0.497 e. The number of hydrogen-bond acceptors (Lipinski definition) is 4. The van der Waals surface area contributed by atoms with E-state index in [-0.39, 0.29) is 0 Å². The van der Waals surface area contributed by atoms with Gasteiger partial charge in [0.05, 0.1) is 7.11 Å². The summed E-state index contributed by atoms with van der Waals surface area (Å²) in [4.78, 5) is 4.38. The van der Waals surface area contributed by atoms with E-state index in [1.807, 2.05) is 25.1 Å². The number of methoxy groups -OCH3 is 1. The predicted octanol–water partition coefficient (Wildman–Crippen LogP) is 4.55. The summed E-state index contributed by atoms with van der Waals surface area (Å²) in [6, 6.07) is 20.7. The van der Waals surface area contributed by atoms with E-state index in [1.165, 1.54) is 16.3 Å². The molecule has 2 N–H and O–H groups in total. The van der Waals surface area contributed by atoms with Crippen molar-refractivity contribution in [3.8, 4) is 17.1 Å². The van der Waals surface area contributed by atoms with Crippen LogP contribution < -0.4 is 10.1 Å². The highest BCUT2D eigenvalue weighted by atomic mass is 16.5.